The van der Waals surface area contributed by atoms with Crippen LogP contribution >= 0.6 is 0 Å². The normalized spacial score (nSPS) is 45.7. The second-order valence-electron chi connectivity index (χ2n) is 14.9. The summed E-state index contributed by atoms with van der Waals surface area (Å²) in [6, 6.07) is 6.24. The van der Waals surface area contributed by atoms with Crippen molar-refractivity contribution in [2.24, 2.45) is 34.5 Å². The summed E-state index contributed by atoms with van der Waals surface area (Å²) in [5, 5.41) is 29.3. The standard InChI is InChI=1S/C35H48N2O10/c1-7-37-16-32(17-46-30(40)20-10-8-9-11-23(20)36-18(2)38)13-12-25(44-5)34-22-14-21-24(43-4)15-33(41,26(22)27(21)47-19(3)39)35(42,31(34)37)29(45-6)28(32)34/h8-11,21-22,24-29,31,41-42H,7,12-17H2,1-6H3,(H,36,38)/t21-,22?,24+,25-,26?,27?,28?,29+,31?,32+,33-,34+,35?/m1/s1. The molecule has 7 rings (SSSR count). The van der Waals surface area contributed by atoms with Crippen LogP contribution in [0.1, 0.15) is 56.8 Å². The molecular weight excluding hydrogens is 608 g/mol. The van der Waals surface area contributed by atoms with E-state index in [1.54, 1.807) is 45.6 Å². The molecule has 1 aromatic rings. The van der Waals surface area contributed by atoms with E-state index in [4.69, 9.17) is 23.7 Å². The van der Waals surface area contributed by atoms with Crippen LogP contribution in [0.25, 0.3) is 0 Å². The highest BCUT2D eigenvalue weighted by Crippen LogP contribution is 2.80. The van der Waals surface area contributed by atoms with E-state index in [2.05, 4.69) is 10.2 Å². The molecule has 7 bridgehead atoms. The molecule has 5 aliphatic carbocycles. The number of nitrogens with one attached hydrogen (secondary N) is 1. The van der Waals surface area contributed by atoms with Crippen LogP contribution in [0.15, 0.2) is 24.3 Å². The molecule has 258 valence electrons. The highest BCUT2D eigenvalue weighted by molar-refractivity contribution is 6.00. The minimum atomic E-state index is -1.78. The first-order valence-corrected chi connectivity index (χ1v) is 16.9. The first-order chi connectivity index (χ1) is 22.4. The summed E-state index contributed by atoms with van der Waals surface area (Å²) in [6.07, 6.45) is -0.104. The zero-order chi connectivity index (χ0) is 33.7. The van der Waals surface area contributed by atoms with Gasteiger partial charge in [-0.2, -0.15) is 0 Å². The number of methoxy groups -OCH3 is 3. The zero-order valence-electron chi connectivity index (χ0n) is 28.1. The summed E-state index contributed by atoms with van der Waals surface area (Å²) in [5.74, 6) is -2.57. The van der Waals surface area contributed by atoms with Gasteiger partial charge < -0.3 is 39.2 Å². The molecule has 6 unspecified atom stereocenters. The van der Waals surface area contributed by atoms with Gasteiger partial charge in [-0.25, -0.2) is 4.79 Å². The van der Waals surface area contributed by atoms with E-state index in [-0.39, 0.29) is 48.4 Å². The number of likely N-dealkylation sites (N-methyl/N-ethyl adjacent to an activating group) is 1. The molecule has 1 amide bonds. The van der Waals surface area contributed by atoms with Gasteiger partial charge in [0.05, 0.1) is 42.2 Å². The number of esters is 2. The zero-order valence-corrected chi connectivity index (χ0v) is 28.1. The quantitative estimate of drug-likeness (QED) is 0.335. The molecule has 47 heavy (non-hydrogen) atoms. The van der Waals surface area contributed by atoms with Gasteiger partial charge in [0.1, 0.15) is 17.3 Å². The molecule has 6 aliphatic rings. The van der Waals surface area contributed by atoms with Gasteiger partial charge in [0, 0.05) is 76.7 Å². The summed E-state index contributed by atoms with van der Waals surface area (Å²) in [6.45, 7) is 5.97. The molecule has 3 N–H and O–H groups in total. The smallest absolute Gasteiger partial charge is 0.340 e. The molecule has 0 aromatic heterocycles. The lowest BCUT2D eigenvalue weighted by Gasteiger charge is -2.70. The third-order valence-corrected chi connectivity index (χ3v) is 13.3. The molecule has 1 saturated heterocycles. The van der Waals surface area contributed by atoms with Crippen LogP contribution in [0.3, 0.4) is 0 Å². The van der Waals surface area contributed by atoms with Crippen LogP contribution in [-0.2, 0) is 33.3 Å². The average Bonchev–Trinajstić information content (AvgIpc) is 3.42. The number of hydrogen-bond acceptors (Lipinski definition) is 11. The Balaban J connectivity index is 1.37. The van der Waals surface area contributed by atoms with Gasteiger partial charge in [-0.15, -0.1) is 0 Å². The maximum atomic E-state index is 13.7. The Kier molecular flexibility index (Phi) is 7.85. The van der Waals surface area contributed by atoms with Crippen molar-refractivity contribution in [1.82, 2.24) is 4.90 Å². The molecule has 1 heterocycles. The van der Waals surface area contributed by atoms with Crippen LogP contribution in [0.2, 0.25) is 0 Å². The summed E-state index contributed by atoms with van der Waals surface area (Å²) in [4.78, 5) is 40.4. The summed E-state index contributed by atoms with van der Waals surface area (Å²) >= 11 is 0. The minimum Gasteiger partial charge on any atom is -0.462 e. The van der Waals surface area contributed by atoms with Crippen LogP contribution in [0, 0.1) is 34.5 Å². The van der Waals surface area contributed by atoms with E-state index in [1.807, 2.05) is 6.92 Å². The second kappa shape index (κ2) is 11.2. The Labute approximate surface area is 275 Å². The van der Waals surface area contributed by atoms with Crippen molar-refractivity contribution in [2.45, 2.75) is 88.1 Å². The summed E-state index contributed by atoms with van der Waals surface area (Å²) in [7, 11) is 4.89. The number of benzene rings is 1. The summed E-state index contributed by atoms with van der Waals surface area (Å²) in [5.41, 5.74) is -4.23. The number of anilines is 1. The molecule has 0 radical (unpaired) electrons. The number of piperidine rings is 1. The maximum absolute atomic E-state index is 13.7. The average molecular weight is 657 g/mol. The largest absolute Gasteiger partial charge is 0.462 e. The van der Waals surface area contributed by atoms with Gasteiger partial charge in [-0.05, 0) is 43.9 Å². The number of carbonyl (C=O) groups excluding carboxylic acids is 3. The number of carbonyl (C=O) groups is 3. The van der Waals surface area contributed by atoms with Crippen molar-refractivity contribution in [1.29, 1.82) is 0 Å². The first kappa shape index (κ1) is 32.9. The number of ether oxygens (including phenoxy) is 5. The molecule has 12 heteroatoms. The fraction of sp³-hybridized carbons (Fsp3) is 0.743. The van der Waals surface area contributed by atoms with Crippen LogP contribution < -0.4 is 5.32 Å². The van der Waals surface area contributed by atoms with Crippen molar-refractivity contribution in [3.8, 4) is 0 Å². The minimum absolute atomic E-state index is 0.0512. The lowest BCUT2D eigenvalue weighted by Crippen LogP contribution is -2.82. The number of amides is 1. The molecule has 12 nitrogen and oxygen atoms in total. The third kappa shape index (κ3) is 4.06. The second-order valence-corrected chi connectivity index (χ2v) is 14.9. The number of rotatable bonds is 9. The number of aliphatic hydroxyl groups is 2. The molecule has 5 saturated carbocycles. The number of fused-ring (bicyclic) bond motifs is 2. The lowest BCUT2D eigenvalue weighted by molar-refractivity contribution is -0.319. The highest BCUT2D eigenvalue weighted by Gasteiger charge is 2.92. The molecule has 6 fully saturated rings. The van der Waals surface area contributed by atoms with Crippen molar-refractivity contribution < 1.29 is 48.3 Å². The van der Waals surface area contributed by atoms with E-state index >= 15 is 0 Å². The van der Waals surface area contributed by atoms with Crippen LogP contribution in [0.5, 0.6) is 0 Å². The van der Waals surface area contributed by atoms with E-state index in [0.29, 0.717) is 38.0 Å². The Hall–Kier alpha value is -2.61. The van der Waals surface area contributed by atoms with Gasteiger partial charge in [0.2, 0.25) is 5.91 Å². The van der Waals surface area contributed by atoms with E-state index in [1.165, 1.54) is 13.8 Å². The predicted molar refractivity (Wildman–Crippen MR) is 167 cm³/mol. The van der Waals surface area contributed by atoms with Gasteiger partial charge in [0.25, 0.3) is 0 Å². The Morgan fingerprint density at radius 2 is 1.81 bits per heavy atom. The summed E-state index contributed by atoms with van der Waals surface area (Å²) < 4.78 is 31.0. The fourth-order valence-corrected chi connectivity index (χ4v) is 12.3. The van der Waals surface area contributed by atoms with Gasteiger partial charge in [-0.3, -0.25) is 14.5 Å². The van der Waals surface area contributed by atoms with E-state index in [9.17, 15) is 24.6 Å². The first-order valence-electron chi connectivity index (χ1n) is 16.9. The van der Waals surface area contributed by atoms with E-state index in [0.717, 1.165) is 0 Å². The highest BCUT2D eigenvalue weighted by atomic mass is 16.6. The lowest BCUT2D eigenvalue weighted by atomic mass is 9.42. The van der Waals surface area contributed by atoms with Crippen LogP contribution in [0.4, 0.5) is 5.69 Å². The number of likely N-dealkylation sites (tertiary alicyclic amines) is 1. The van der Waals surface area contributed by atoms with Gasteiger partial charge in [-0.1, -0.05) is 19.1 Å². The maximum Gasteiger partial charge on any atom is 0.340 e. The van der Waals surface area contributed by atoms with Crippen molar-refractivity contribution >= 4 is 23.5 Å². The third-order valence-electron chi connectivity index (χ3n) is 13.3. The Morgan fingerprint density at radius 1 is 1.06 bits per heavy atom. The van der Waals surface area contributed by atoms with Crippen molar-refractivity contribution in [3.63, 3.8) is 0 Å². The molecule has 13 atom stereocenters. The fourth-order valence-electron chi connectivity index (χ4n) is 12.3. The van der Waals surface area contributed by atoms with Gasteiger partial charge in [0.15, 0.2) is 0 Å². The van der Waals surface area contributed by atoms with Crippen molar-refractivity contribution in [2.75, 3.05) is 46.3 Å². The number of hydrogen-bond donors (Lipinski definition) is 3. The Bertz CT molecular complexity index is 1460. The molecule has 1 aliphatic heterocycles. The topological polar surface area (TPSA) is 153 Å². The van der Waals surface area contributed by atoms with Crippen LogP contribution in [-0.4, -0.2) is 116 Å². The SMILES string of the molecule is CCN1C[C@]2(COC(=O)c3ccccc3NC(C)=O)CC[C@@H](OC)[C@]34C5C[C@H]6C(OC(C)=O)C5[C@](O)(C[C@@H]6OC)C(O)(C13)[C@@H](OC)C24. The number of nitrogens with zero attached hydrogens (tertiary/aromatic N) is 1. The molecule has 1 aromatic carbocycles. The Morgan fingerprint density at radius 3 is 2.45 bits per heavy atom. The van der Waals surface area contributed by atoms with Crippen molar-refractivity contribution in [3.05, 3.63) is 29.8 Å². The number of para-hydroxylation sites is 1. The molecule has 1 spiro atoms. The predicted octanol–water partition coefficient (Wildman–Crippen LogP) is 2.01. The van der Waals surface area contributed by atoms with Gasteiger partial charge >= 0.3 is 11.9 Å². The molecular formula is C35H48N2O10. The monoisotopic (exact) mass is 656 g/mol. The van der Waals surface area contributed by atoms with E-state index < -0.39 is 64.2 Å².